The van der Waals surface area contributed by atoms with Gasteiger partial charge in [-0.2, -0.15) is 0 Å². The molecule has 0 saturated carbocycles. The fourth-order valence-corrected chi connectivity index (χ4v) is 2.00. The summed E-state index contributed by atoms with van der Waals surface area (Å²) in [7, 11) is 3.54. The van der Waals surface area contributed by atoms with Crippen molar-refractivity contribution in [1.29, 1.82) is 0 Å². The molecule has 0 saturated heterocycles. The molecule has 0 aliphatic heterocycles. The Balaban J connectivity index is 2.54. The third-order valence-corrected chi connectivity index (χ3v) is 3.49. The highest BCUT2D eigenvalue weighted by Crippen LogP contribution is 2.21. The second-order valence-electron chi connectivity index (χ2n) is 4.39. The van der Waals surface area contributed by atoms with Crippen molar-refractivity contribution >= 4 is 17.3 Å². The Morgan fingerprint density at radius 1 is 1.47 bits per heavy atom. The molecule has 1 rings (SSSR count). The van der Waals surface area contributed by atoms with Gasteiger partial charge in [0.1, 0.15) is 5.82 Å². The van der Waals surface area contributed by atoms with E-state index in [9.17, 15) is 4.39 Å². The molecule has 106 valence electrons. The molecule has 1 aromatic carbocycles. The quantitative estimate of drug-likeness (QED) is 0.641. The molecule has 0 radical (unpaired) electrons. The van der Waals surface area contributed by atoms with Crippen molar-refractivity contribution < 1.29 is 9.13 Å². The first kappa shape index (κ1) is 15.9. The topological polar surface area (TPSA) is 24.5 Å². The molecule has 1 N–H and O–H groups in total. The number of benzene rings is 1. The Hall–Kier alpha value is -1.20. The molecule has 1 aromatic rings. The molecule has 0 spiro atoms. The van der Waals surface area contributed by atoms with Crippen LogP contribution in [0.5, 0.6) is 0 Å². The first-order chi connectivity index (χ1) is 9.07. The van der Waals surface area contributed by atoms with Crippen molar-refractivity contribution in [3.8, 4) is 0 Å². The normalized spacial score (nSPS) is 12.0. The lowest BCUT2D eigenvalue weighted by molar-refractivity contribution is 0.195. The van der Waals surface area contributed by atoms with E-state index in [2.05, 4.69) is 5.32 Å². The van der Waals surface area contributed by atoms with Crippen molar-refractivity contribution in [2.24, 2.45) is 0 Å². The van der Waals surface area contributed by atoms with Crippen LogP contribution in [0.1, 0.15) is 24.9 Å². The molecule has 3 nitrogen and oxygen atoms in total. The summed E-state index contributed by atoms with van der Waals surface area (Å²) in [6, 6.07) is 6.66. The number of nitrogens with one attached hydrogen (secondary N) is 1. The minimum atomic E-state index is -0.205. The van der Waals surface area contributed by atoms with Crippen molar-refractivity contribution in [3.05, 3.63) is 35.6 Å². The maximum Gasteiger partial charge on any atom is 0.169 e. The van der Waals surface area contributed by atoms with Gasteiger partial charge in [-0.15, -0.1) is 0 Å². The maximum absolute atomic E-state index is 13.7. The molecule has 0 heterocycles. The molecular formula is C14H21FN2OS. The summed E-state index contributed by atoms with van der Waals surface area (Å²) in [6.07, 6.45) is 0.887. The van der Waals surface area contributed by atoms with E-state index >= 15 is 0 Å². The zero-order chi connectivity index (χ0) is 14.3. The number of rotatable bonds is 6. The van der Waals surface area contributed by atoms with E-state index in [4.69, 9.17) is 17.0 Å². The molecule has 1 atom stereocenters. The third kappa shape index (κ3) is 4.76. The average molecular weight is 284 g/mol. The highest BCUT2D eigenvalue weighted by atomic mass is 32.1. The van der Waals surface area contributed by atoms with Gasteiger partial charge in [0.2, 0.25) is 0 Å². The molecule has 19 heavy (non-hydrogen) atoms. The van der Waals surface area contributed by atoms with Gasteiger partial charge in [-0.3, -0.25) is 0 Å². The smallest absolute Gasteiger partial charge is 0.169 e. The van der Waals surface area contributed by atoms with Crippen LogP contribution < -0.4 is 5.32 Å². The second-order valence-corrected chi connectivity index (χ2v) is 4.77. The highest BCUT2D eigenvalue weighted by Gasteiger charge is 2.17. The summed E-state index contributed by atoms with van der Waals surface area (Å²) in [5, 5.41) is 3.76. The lowest BCUT2D eigenvalue weighted by Crippen LogP contribution is -2.39. The largest absolute Gasteiger partial charge is 0.385 e. The van der Waals surface area contributed by atoms with E-state index < -0.39 is 0 Å². The molecule has 0 fully saturated rings. The lowest BCUT2D eigenvalue weighted by Gasteiger charge is -2.28. The van der Waals surface area contributed by atoms with Gasteiger partial charge in [-0.1, -0.05) is 18.2 Å². The van der Waals surface area contributed by atoms with Crippen LogP contribution in [0.15, 0.2) is 24.3 Å². The van der Waals surface area contributed by atoms with E-state index in [1.165, 1.54) is 6.07 Å². The van der Waals surface area contributed by atoms with Crippen molar-refractivity contribution in [1.82, 2.24) is 10.2 Å². The van der Waals surface area contributed by atoms with Crippen LogP contribution >= 0.6 is 12.2 Å². The summed E-state index contributed by atoms with van der Waals surface area (Å²) >= 11 is 5.30. The molecule has 0 aromatic heterocycles. The minimum Gasteiger partial charge on any atom is -0.385 e. The van der Waals surface area contributed by atoms with Gasteiger partial charge in [0.05, 0.1) is 6.04 Å². The number of hydrogen-bond acceptors (Lipinski definition) is 2. The van der Waals surface area contributed by atoms with E-state index in [1.807, 2.05) is 24.9 Å². The molecule has 5 heteroatoms. The van der Waals surface area contributed by atoms with Crippen molar-refractivity contribution in [2.45, 2.75) is 19.4 Å². The van der Waals surface area contributed by atoms with Gasteiger partial charge in [0.25, 0.3) is 0 Å². The van der Waals surface area contributed by atoms with Crippen molar-refractivity contribution in [2.75, 3.05) is 27.3 Å². The predicted octanol–water partition coefficient (Wildman–Crippen LogP) is 2.73. The fourth-order valence-electron chi connectivity index (χ4n) is 1.73. The van der Waals surface area contributed by atoms with Gasteiger partial charge in [-0.05, 0) is 31.6 Å². The average Bonchev–Trinajstić information content (AvgIpc) is 2.42. The van der Waals surface area contributed by atoms with Crippen LogP contribution in [0, 0.1) is 5.82 Å². The number of ether oxygens (including phenoxy) is 1. The monoisotopic (exact) mass is 284 g/mol. The van der Waals surface area contributed by atoms with Crippen LogP contribution in [0.4, 0.5) is 4.39 Å². The number of nitrogens with zero attached hydrogens (tertiary/aromatic N) is 1. The predicted molar refractivity (Wildman–Crippen MR) is 79.7 cm³/mol. The summed E-state index contributed by atoms with van der Waals surface area (Å²) in [6.45, 7) is 3.38. The number of hydrogen-bond donors (Lipinski definition) is 1. The van der Waals surface area contributed by atoms with Crippen LogP contribution in [0.25, 0.3) is 0 Å². The Kier molecular flexibility index (Phi) is 6.73. The summed E-state index contributed by atoms with van der Waals surface area (Å²) in [5.74, 6) is -0.205. The summed E-state index contributed by atoms with van der Waals surface area (Å²) < 4.78 is 18.7. The Bertz CT molecular complexity index is 414. The third-order valence-electron chi connectivity index (χ3n) is 3.06. The van der Waals surface area contributed by atoms with Gasteiger partial charge in [0.15, 0.2) is 5.11 Å². The maximum atomic E-state index is 13.7. The zero-order valence-corrected chi connectivity index (χ0v) is 12.5. The Labute approximate surface area is 119 Å². The summed E-state index contributed by atoms with van der Waals surface area (Å²) in [4.78, 5) is 1.86. The van der Waals surface area contributed by atoms with Crippen LogP contribution in [0.3, 0.4) is 0 Å². The molecule has 0 aliphatic carbocycles. The number of halogens is 1. The molecule has 1 unspecified atom stereocenters. The SMILES string of the molecule is COCCCNC(=S)N(C)C(C)c1ccccc1F. The molecular weight excluding hydrogens is 263 g/mol. The van der Waals surface area contributed by atoms with Gasteiger partial charge < -0.3 is 15.0 Å². The van der Waals surface area contributed by atoms with Crippen LogP contribution in [-0.2, 0) is 4.74 Å². The van der Waals surface area contributed by atoms with Crippen LogP contribution in [-0.4, -0.2) is 37.3 Å². The molecule has 0 amide bonds. The number of methoxy groups -OCH3 is 1. The number of thiocarbonyl (C=S) groups is 1. The van der Waals surface area contributed by atoms with Gasteiger partial charge in [0, 0.05) is 32.9 Å². The fraction of sp³-hybridized carbons (Fsp3) is 0.500. The minimum absolute atomic E-state index is 0.108. The molecule has 0 bridgehead atoms. The molecule has 0 aliphatic rings. The Morgan fingerprint density at radius 3 is 2.79 bits per heavy atom. The highest BCUT2D eigenvalue weighted by molar-refractivity contribution is 7.80. The first-order valence-corrected chi connectivity index (χ1v) is 6.72. The summed E-state index contributed by atoms with van der Waals surface area (Å²) in [5.41, 5.74) is 0.644. The van der Waals surface area contributed by atoms with Gasteiger partial charge in [-0.25, -0.2) is 4.39 Å². The zero-order valence-electron chi connectivity index (χ0n) is 11.6. The Morgan fingerprint density at radius 2 is 2.16 bits per heavy atom. The van der Waals surface area contributed by atoms with E-state index in [0.29, 0.717) is 17.3 Å². The van der Waals surface area contributed by atoms with Gasteiger partial charge >= 0.3 is 0 Å². The standard InChI is InChI=1S/C14H21FN2OS/c1-11(12-7-4-5-8-13(12)15)17(2)14(19)16-9-6-10-18-3/h4-5,7-8,11H,6,9-10H2,1-3H3,(H,16,19). The van der Waals surface area contributed by atoms with E-state index in [-0.39, 0.29) is 11.9 Å². The first-order valence-electron chi connectivity index (χ1n) is 6.32. The van der Waals surface area contributed by atoms with Crippen molar-refractivity contribution in [3.63, 3.8) is 0 Å². The van der Waals surface area contributed by atoms with E-state index in [1.54, 1.807) is 19.2 Å². The lowest BCUT2D eigenvalue weighted by atomic mass is 10.1. The van der Waals surface area contributed by atoms with E-state index in [0.717, 1.165) is 13.0 Å². The second kappa shape index (κ2) is 8.07. The van der Waals surface area contributed by atoms with Crippen LogP contribution in [0.2, 0.25) is 0 Å².